The maximum absolute atomic E-state index is 6.00. The van der Waals surface area contributed by atoms with Gasteiger partial charge in [0.05, 0.1) is 16.9 Å². The number of aromatic nitrogens is 1. The van der Waals surface area contributed by atoms with Gasteiger partial charge in [0.25, 0.3) is 0 Å². The van der Waals surface area contributed by atoms with Gasteiger partial charge in [-0.3, -0.25) is 4.98 Å². The summed E-state index contributed by atoms with van der Waals surface area (Å²) in [6.45, 7) is 8.20. The highest BCUT2D eigenvalue weighted by molar-refractivity contribution is 6.63. The van der Waals surface area contributed by atoms with Gasteiger partial charge in [0.2, 0.25) is 0 Å². The van der Waals surface area contributed by atoms with Gasteiger partial charge >= 0.3 is 7.12 Å². The second-order valence-electron chi connectivity index (χ2n) is 5.30. The van der Waals surface area contributed by atoms with E-state index in [0.29, 0.717) is 0 Å². The molecule has 92 valence electrons. The van der Waals surface area contributed by atoms with Crippen LogP contribution in [0.2, 0.25) is 0 Å². The number of hydrogen-bond donors (Lipinski definition) is 1. The van der Waals surface area contributed by atoms with Gasteiger partial charge in [-0.15, -0.1) is 0 Å². The lowest BCUT2D eigenvalue weighted by Gasteiger charge is -2.32. The third-order valence-electron chi connectivity index (χ3n) is 3.63. The Morgan fingerprint density at radius 2 is 1.76 bits per heavy atom. The number of nitrogens with zero attached hydrogens (tertiary/aromatic N) is 1. The largest absolute Gasteiger partial charge is 0.497 e. The Hall–Kier alpha value is -1.07. The van der Waals surface area contributed by atoms with Crippen molar-refractivity contribution in [1.29, 1.82) is 0 Å². The Labute approximate surface area is 103 Å². The van der Waals surface area contributed by atoms with Crippen LogP contribution in [0.5, 0.6) is 0 Å². The number of nitrogens with one attached hydrogen (secondary N) is 1. The Morgan fingerprint density at radius 3 is 2.29 bits per heavy atom. The third-order valence-corrected chi connectivity index (χ3v) is 3.63. The maximum Gasteiger partial charge on any atom is 0.497 e. The van der Waals surface area contributed by atoms with Crippen LogP contribution in [0.1, 0.15) is 27.7 Å². The summed E-state index contributed by atoms with van der Waals surface area (Å²) in [7, 11) is 1.52. The molecule has 0 bridgehead atoms. The molecule has 1 aromatic rings. The quantitative estimate of drug-likeness (QED) is 0.786. The van der Waals surface area contributed by atoms with E-state index in [9.17, 15) is 0 Å². The van der Waals surface area contributed by atoms with Gasteiger partial charge in [-0.05, 0) is 33.8 Å². The molecule has 0 amide bonds. The first kappa shape index (κ1) is 12.4. The number of pyridine rings is 1. The fraction of sp³-hybridized carbons (Fsp3) is 0.583. The van der Waals surface area contributed by atoms with Gasteiger partial charge in [-0.1, -0.05) is 0 Å². The molecule has 5 heteroatoms. The van der Waals surface area contributed by atoms with Crippen LogP contribution in [0.4, 0.5) is 5.69 Å². The highest BCUT2D eigenvalue weighted by atomic mass is 16.7. The zero-order valence-corrected chi connectivity index (χ0v) is 11.1. The van der Waals surface area contributed by atoms with E-state index in [-0.39, 0.29) is 18.3 Å². The number of hydrogen-bond acceptors (Lipinski definition) is 4. The summed E-state index contributed by atoms with van der Waals surface area (Å²) in [6.07, 6.45) is 3.53. The van der Waals surface area contributed by atoms with Crippen LogP contribution in [-0.2, 0) is 9.31 Å². The lowest BCUT2D eigenvalue weighted by molar-refractivity contribution is 0.00578. The first-order chi connectivity index (χ1) is 7.87. The van der Waals surface area contributed by atoms with Crippen molar-refractivity contribution in [2.75, 3.05) is 12.4 Å². The lowest BCUT2D eigenvalue weighted by atomic mass is 9.78. The smallest absolute Gasteiger partial charge is 0.399 e. The average molecular weight is 234 g/mol. The SMILES string of the molecule is CNc1cnccc1B1OC(C)(C)C(C)(C)O1. The molecule has 4 nitrogen and oxygen atoms in total. The minimum absolute atomic E-state index is 0.314. The summed E-state index contributed by atoms with van der Waals surface area (Å²) in [5.41, 5.74) is 1.30. The summed E-state index contributed by atoms with van der Waals surface area (Å²) >= 11 is 0. The number of anilines is 1. The van der Waals surface area contributed by atoms with Gasteiger partial charge in [-0.2, -0.15) is 0 Å². The van der Waals surface area contributed by atoms with E-state index in [0.717, 1.165) is 11.2 Å². The highest BCUT2D eigenvalue weighted by Gasteiger charge is 2.52. The second kappa shape index (κ2) is 4.00. The summed E-state index contributed by atoms with van der Waals surface area (Å²) < 4.78 is 12.0. The normalized spacial score (nSPS) is 21.6. The molecule has 0 atom stereocenters. The van der Waals surface area contributed by atoms with Crippen molar-refractivity contribution in [3.05, 3.63) is 18.5 Å². The second-order valence-corrected chi connectivity index (χ2v) is 5.30. The highest BCUT2D eigenvalue weighted by Crippen LogP contribution is 2.36. The molecule has 0 radical (unpaired) electrons. The zero-order valence-electron chi connectivity index (χ0n) is 11.1. The van der Waals surface area contributed by atoms with Gasteiger partial charge in [0.15, 0.2) is 0 Å². The molecular formula is C12H19BN2O2. The maximum atomic E-state index is 6.00. The number of rotatable bonds is 2. The van der Waals surface area contributed by atoms with Gasteiger partial charge in [0, 0.05) is 24.9 Å². The molecule has 0 aliphatic carbocycles. The van der Waals surface area contributed by atoms with Crippen molar-refractivity contribution in [2.24, 2.45) is 0 Å². The Morgan fingerprint density at radius 1 is 1.18 bits per heavy atom. The fourth-order valence-electron chi connectivity index (χ4n) is 1.79. The zero-order chi connectivity index (χ0) is 12.7. The molecule has 1 aliphatic rings. The van der Waals surface area contributed by atoms with Gasteiger partial charge in [-0.25, -0.2) is 0 Å². The summed E-state index contributed by atoms with van der Waals surface area (Å²) in [5.74, 6) is 0. The Bertz CT molecular complexity index is 405. The minimum atomic E-state index is -0.342. The molecule has 0 saturated carbocycles. The molecule has 1 fully saturated rings. The van der Waals surface area contributed by atoms with Crippen molar-refractivity contribution in [3.8, 4) is 0 Å². The third kappa shape index (κ3) is 2.05. The van der Waals surface area contributed by atoms with E-state index in [1.807, 2.05) is 40.8 Å². The van der Waals surface area contributed by atoms with Crippen molar-refractivity contribution < 1.29 is 9.31 Å². The van der Waals surface area contributed by atoms with Crippen molar-refractivity contribution in [3.63, 3.8) is 0 Å². The lowest BCUT2D eigenvalue weighted by Crippen LogP contribution is -2.41. The van der Waals surface area contributed by atoms with Gasteiger partial charge < -0.3 is 14.6 Å². The molecular weight excluding hydrogens is 215 g/mol. The van der Waals surface area contributed by atoms with Crippen molar-refractivity contribution in [1.82, 2.24) is 4.98 Å². The molecule has 2 rings (SSSR count). The van der Waals surface area contributed by atoms with E-state index < -0.39 is 0 Å². The van der Waals surface area contributed by atoms with Crippen LogP contribution < -0.4 is 10.8 Å². The topological polar surface area (TPSA) is 43.4 Å². The predicted octanol–water partition coefficient (Wildman–Crippen LogP) is 1.42. The van der Waals surface area contributed by atoms with Crippen LogP contribution in [0.15, 0.2) is 18.5 Å². The molecule has 1 aromatic heterocycles. The standard InChI is InChI=1S/C12H19BN2O2/c1-11(2)12(3,4)17-13(16-11)9-6-7-15-8-10(9)14-5/h6-8,14H,1-5H3. The molecule has 1 aliphatic heterocycles. The molecule has 0 spiro atoms. The van der Waals surface area contributed by atoms with Crippen molar-refractivity contribution >= 4 is 18.3 Å². The molecule has 17 heavy (non-hydrogen) atoms. The molecule has 1 N–H and O–H groups in total. The monoisotopic (exact) mass is 234 g/mol. The minimum Gasteiger partial charge on any atom is -0.399 e. The van der Waals surface area contributed by atoms with Crippen LogP contribution >= 0.6 is 0 Å². The van der Waals surface area contributed by atoms with Crippen molar-refractivity contribution in [2.45, 2.75) is 38.9 Å². The first-order valence-electron chi connectivity index (χ1n) is 5.85. The summed E-state index contributed by atoms with van der Waals surface area (Å²) in [6, 6.07) is 1.92. The van der Waals surface area contributed by atoms with E-state index in [2.05, 4.69) is 10.3 Å². The first-order valence-corrected chi connectivity index (χ1v) is 5.85. The fourth-order valence-corrected chi connectivity index (χ4v) is 1.79. The van der Waals surface area contributed by atoms with E-state index >= 15 is 0 Å². The van der Waals surface area contributed by atoms with E-state index in [1.165, 1.54) is 0 Å². The Kier molecular flexibility index (Phi) is 2.91. The summed E-state index contributed by atoms with van der Waals surface area (Å²) in [5, 5.41) is 3.10. The molecule has 0 aromatic carbocycles. The van der Waals surface area contributed by atoms with Crippen LogP contribution in [-0.4, -0.2) is 30.4 Å². The van der Waals surface area contributed by atoms with Gasteiger partial charge in [0.1, 0.15) is 0 Å². The van der Waals surface area contributed by atoms with Crippen LogP contribution in [0.25, 0.3) is 0 Å². The van der Waals surface area contributed by atoms with E-state index in [1.54, 1.807) is 12.4 Å². The summed E-state index contributed by atoms with van der Waals surface area (Å²) in [4.78, 5) is 4.09. The predicted molar refractivity (Wildman–Crippen MR) is 69.5 cm³/mol. The van der Waals surface area contributed by atoms with E-state index in [4.69, 9.17) is 9.31 Å². The van der Waals surface area contributed by atoms with Crippen LogP contribution in [0.3, 0.4) is 0 Å². The Balaban J connectivity index is 2.32. The molecule has 2 heterocycles. The average Bonchev–Trinajstić information content (AvgIpc) is 2.48. The van der Waals surface area contributed by atoms with Crippen LogP contribution in [0, 0.1) is 0 Å². The molecule has 0 unspecified atom stereocenters. The molecule has 1 saturated heterocycles.